The van der Waals surface area contributed by atoms with Gasteiger partial charge in [-0.2, -0.15) is 0 Å². The van der Waals surface area contributed by atoms with E-state index in [4.69, 9.17) is 4.74 Å². The molecule has 1 unspecified atom stereocenters. The first kappa shape index (κ1) is 15.4. The minimum absolute atomic E-state index is 0.505. The molecule has 2 nitrogen and oxygen atoms in total. The smallest absolute Gasteiger partial charge is 0.119 e. The zero-order valence-corrected chi connectivity index (χ0v) is 13.0. The molecule has 1 N–H and O–H groups in total. The fourth-order valence-electron chi connectivity index (χ4n) is 2.57. The molecule has 2 rings (SSSR count). The summed E-state index contributed by atoms with van der Waals surface area (Å²) in [6, 6.07) is 9.19. The quantitative estimate of drug-likeness (QED) is 0.625. The molecule has 0 bridgehead atoms. The van der Waals surface area contributed by atoms with Crippen LogP contribution in [-0.4, -0.2) is 13.2 Å². The van der Waals surface area contributed by atoms with E-state index in [1.54, 1.807) is 0 Å². The van der Waals surface area contributed by atoms with Crippen LogP contribution in [0.25, 0.3) is 0 Å². The molecule has 112 valence electrons. The zero-order chi connectivity index (χ0) is 14.2. The minimum atomic E-state index is 0.505. The lowest BCUT2D eigenvalue weighted by Gasteiger charge is -2.18. The molecular weight excluding hydrogens is 246 g/mol. The van der Waals surface area contributed by atoms with Crippen molar-refractivity contribution in [1.82, 2.24) is 5.32 Å². The Morgan fingerprint density at radius 3 is 2.55 bits per heavy atom. The van der Waals surface area contributed by atoms with Gasteiger partial charge >= 0.3 is 0 Å². The van der Waals surface area contributed by atoms with Gasteiger partial charge in [-0.05, 0) is 49.4 Å². The number of ether oxygens (including phenoxy) is 1. The molecule has 0 amide bonds. The summed E-state index contributed by atoms with van der Waals surface area (Å²) in [6.45, 7) is 6.23. The average molecular weight is 275 g/mol. The SMILES string of the molecule is CCCCOc1ccc(C(CCC2CC2)NCC)cc1. The van der Waals surface area contributed by atoms with Crippen molar-refractivity contribution >= 4 is 0 Å². The van der Waals surface area contributed by atoms with Crippen LogP contribution >= 0.6 is 0 Å². The van der Waals surface area contributed by atoms with Crippen LogP contribution in [0.1, 0.15) is 64.0 Å². The van der Waals surface area contributed by atoms with Crippen molar-refractivity contribution in [2.75, 3.05) is 13.2 Å². The molecule has 1 aromatic carbocycles. The lowest BCUT2D eigenvalue weighted by atomic mass is 10.0. The number of benzene rings is 1. The summed E-state index contributed by atoms with van der Waals surface area (Å²) in [6.07, 6.45) is 7.83. The van der Waals surface area contributed by atoms with Crippen molar-refractivity contribution in [3.63, 3.8) is 0 Å². The number of unbranched alkanes of at least 4 members (excludes halogenated alkanes) is 1. The maximum absolute atomic E-state index is 5.73. The first-order chi connectivity index (χ1) is 9.83. The molecule has 1 fully saturated rings. The molecule has 1 atom stereocenters. The van der Waals surface area contributed by atoms with Crippen molar-refractivity contribution in [2.45, 2.75) is 58.4 Å². The zero-order valence-electron chi connectivity index (χ0n) is 13.0. The third-order valence-electron chi connectivity index (χ3n) is 4.06. The highest BCUT2D eigenvalue weighted by Gasteiger charge is 2.22. The van der Waals surface area contributed by atoms with Gasteiger partial charge < -0.3 is 10.1 Å². The maximum Gasteiger partial charge on any atom is 0.119 e. The van der Waals surface area contributed by atoms with Crippen molar-refractivity contribution in [2.24, 2.45) is 5.92 Å². The van der Waals surface area contributed by atoms with Gasteiger partial charge in [0, 0.05) is 6.04 Å². The van der Waals surface area contributed by atoms with Crippen LogP contribution < -0.4 is 10.1 Å². The summed E-state index contributed by atoms with van der Waals surface area (Å²) in [5, 5.41) is 3.61. The number of nitrogens with one attached hydrogen (secondary N) is 1. The van der Waals surface area contributed by atoms with Gasteiger partial charge in [-0.3, -0.25) is 0 Å². The molecule has 0 saturated heterocycles. The van der Waals surface area contributed by atoms with Crippen LogP contribution in [0, 0.1) is 5.92 Å². The van der Waals surface area contributed by atoms with Gasteiger partial charge in [-0.15, -0.1) is 0 Å². The molecule has 0 heterocycles. The molecule has 0 radical (unpaired) electrons. The molecule has 1 aliphatic carbocycles. The first-order valence-corrected chi connectivity index (χ1v) is 8.29. The highest BCUT2D eigenvalue weighted by Crippen LogP contribution is 2.36. The van der Waals surface area contributed by atoms with Crippen LogP contribution in [0.3, 0.4) is 0 Å². The van der Waals surface area contributed by atoms with Gasteiger partial charge in [0.2, 0.25) is 0 Å². The molecule has 0 aliphatic heterocycles. The first-order valence-electron chi connectivity index (χ1n) is 8.29. The standard InChI is InChI=1S/C18H29NO/c1-3-5-14-20-17-11-9-16(10-12-17)18(19-4-2)13-8-15-6-7-15/h9-12,15,18-19H,3-8,13-14H2,1-2H3. The Balaban J connectivity index is 1.86. The Kier molecular flexibility index (Phi) is 6.38. The van der Waals surface area contributed by atoms with Crippen molar-refractivity contribution < 1.29 is 4.74 Å². The second-order valence-corrected chi connectivity index (χ2v) is 5.90. The van der Waals surface area contributed by atoms with E-state index in [9.17, 15) is 0 Å². The summed E-state index contributed by atoms with van der Waals surface area (Å²) in [4.78, 5) is 0. The highest BCUT2D eigenvalue weighted by molar-refractivity contribution is 5.29. The highest BCUT2D eigenvalue weighted by atomic mass is 16.5. The molecule has 1 saturated carbocycles. The van der Waals surface area contributed by atoms with E-state index in [1.165, 1.54) is 37.7 Å². The summed E-state index contributed by atoms with van der Waals surface area (Å²) >= 11 is 0. The van der Waals surface area contributed by atoms with Crippen LogP contribution in [0.15, 0.2) is 24.3 Å². The predicted octanol–water partition coefficient (Wildman–Crippen LogP) is 4.71. The van der Waals surface area contributed by atoms with E-state index in [0.717, 1.165) is 31.2 Å². The Morgan fingerprint density at radius 2 is 1.95 bits per heavy atom. The number of rotatable bonds is 10. The molecular formula is C18H29NO. The Hall–Kier alpha value is -1.02. The van der Waals surface area contributed by atoms with E-state index in [-0.39, 0.29) is 0 Å². The van der Waals surface area contributed by atoms with Gasteiger partial charge in [-0.1, -0.05) is 45.2 Å². The summed E-state index contributed by atoms with van der Waals surface area (Å²) in [7, 11) is 0. The van der Waals surface area contributed by atoms with Gasteiger partial charge in [-0.25, -0.2) is 0 Å². The third-order valence-corrected chi connectivity index (χ3v) is 4.06. The summed E-state index contributed by atoms with van der Waals surface area (Å²) < 4.78 is 5.73. The minimum Gasteiger partial charge on any atom is -0.494 e. The van der Waals surface area contributed by atoms with Crippen LogP contribution in [0.2, 0.25) is 0 Å². The molecule has 1 aliphatic rings. The normalized spacial score (nSPS) is 16.1. The van der Waals surface area contributed by atoms with E-state index in [1.807, 2.05) is 0 Å². The fourth-order valence-corrected chi connectivity index (χ4v) is 2.57. The lowest BCUT2D eigenvalue weighted by molar-refractivity contribution is 0.309. The van der Waals surface area contributed by atoms with Crippen molar-refractivity contribution in [3.8, 4) is 5.75 Å². The van der Waals surface area contributed by atoms with Crippen LogP contribution in [0.5, 0.6) is 5.75 Å². The molecule has 0 aromatic heterocycles. The van der Waals surface area contributed by atoms with Gasteiger partial charge in [0.1, 0.15) is 5.75 Å². The van der Waals surface area contributed by atoms with Crippen molar-refractivity contribution in [3.05, 3.63) is 29.8 Å². The van der Waals surface area contributed by atoms with Crippen LogP contribution in [0.4, 0.5) is 0 Å². The lowest BCUT2D eigenvalue weighted by Crippen LogP contribution is -2.21. The summed E-state index contributed by atoms with van der Waals surface area (Å²) in [5.41, 5.74) is 1.40. The van der Waals surface area contributed by atoms with Gasteiger partial charge in [0.15, 0.2) is 0 Å². The Morgan fingerprint density at radius 1 is 1.20 bits per heavy atom. The second kappa shape index (κ2) is 8.31. The summed E-state index contributed by atoms with van der Waals surface area (Å²) in [5.74, 6) is 2.01. The average Bonchev–Trinajstić information content (AvgIpc) is 3.29. The number of hydrogen-bond acceptors (Lipinski definition) is 2. The molecule has 0 spiro atoms. The third kappa shape index (κ3) is 5.16. The predicted molar refractivity (Wildman–Crippen MR) is 85.2 cm³/mol. The Labute approximate surface area is 123 Å². The molecule has 1 aromatic rings. The van der Waals surface area contributed by atoms with E-state index in [0.29, 0.717) is 6.04 Å². The monoisotopic (exact) mass is 275 g/mol. The van der Waals surface area contributed by atoms with E-state index in [2.05, 4.69) is 43.4 Å². The Bertz CT molecular complexity index is 370. The second-order valence-electron chi connectivity index (χ2n) is 5.90. The van der Waals surface area contributed by atoms with Crippen LogP contribution in [-0.2, 0) is 0 Å². The topological polar surface area (TPSA) is 21.3 Å². The molecule has 20 heavy (non-hydrogen) atoms. The largest absolute Gasteiger partial charge is 0.494 e. The maximum atomic E-state index is 5.73. The van der Waals surface area contributed by atoms with Gasteiger partial charge in [0.25, 0.3) is 0 Å². The molecule has 2 heteroatoms. The van der Waals surface area contributed by atoms with E-state index >= 15 is 0 Å². The van der Waals surface area contributed by atoms with E-state index < -0.39 is 0 Å². The van der Waals surface area contributed by atoms with Gasteiger partial charge in [0.05, 0.1) is 6.61 Å². The van der Waals surface area contributed by atoms with Crippen molar-refractivity contribution in [1.29, 1.82) is 0 Å². The fraction of sp³-hybridized carbons (Fsp3) is 0.667. The number of hydrogen-bond donors (Lipinski definition) is 1.